The van der Waals surface area contributed by atoms with Gasteiger partial charge in [-0.05, 0) is 45.2 Å². The van der Waals surface area contributed by atoms with Gasteiger partial charge in [0.25, 0.3) is 0 Å². The summed E-state index contributed by atoms with van der Waals surface area (Å²) in [5, 5.41) is 15.3. The Hall–Kier alpha value is -0.610. The van der Waals surface area contributed by atoms with Crippen molar-refractivity contribution in [2.45, 2.75) is 38.2 Å². The summed E-state index contributed by atoms with van der Waals surface area (Å²) < 4.78 is 0. The van der Waals surface area contributed by atoms with Crippen LogP contribution in [0.5, 0.6) is 0 Å². The van der Waals surface area contributed by atoms with E-state index in [4.69, 9.17) is 0 Å². The van der Waals surface area contributed by atoms with Gasteiger partial charge in [0.1, 0.15) is 0 Å². The predicted octanol–water partition coefficient (Wildman–Crippen LogP) is 0.263. The lowest BCUT2D eigenvalue weighted by Crippen LogP contribution is -2.29. The summed E-state index contributed by atoms with van der Waals surface area (Å²) in [6, 6.07) is 0. The van der Waals surface area contributed by atoms with E-state index in [1.165, 1.54) is 0 Å². The summed E-state index contributed by atoms with van der Waals surface area (Å²) in [4.78, 5) is 11.4. The maximum Gasteiger partial charge on any atom is 0.220 e. The molecule has 0 spiro atoms. The molecule has 15 heavy (non-hydrogen) atoms. The smallest absolute Gasteiger partial charge is 0.220 e. The van der Waals surface area contributed by atoms with Gasteiger partial charge >= 0.3 is 0 Å². The molecule has 0 aromatic heterocycles. The van der Waals surface area contributed by atoms with Crippen LogP contribution in [0.4, 0.5) is 0 Å². The van der Waals surface area contributed by atoms with Crippen LogP contribution < -0.4 is 10.6 Å². The summed E-state index contributed by atoms with van der Waals surface area (Å²) in [5.74, 6) is 0.611. The monoisotopic (exact) mass is 214 g/mol. The Bertz CT molecular complexity index is 197. The molecule has 1 saturated carbocycles. The molecule has 0 aromatic rings. The van der Waals surface area contributed by atoms with Crippen molar-refractivity contribution in [3.05, 3.63) is 0 Å². The zero-order chi connectivity index (χ0) is 11.1. The van der Waals surface area contributed by atoms with Gasteiger partial charge in [0.15, 0.2) is 0 Å². The maximum absolute atomic E-state index is 11.4. The van der Waals surface area contributed by atoms with Crippen LogP contribution in [0, 0.1) is 5.92 Å². The van der Waals surface area contributed by atoms with Crippen molar-refractivity contribution in [1.82, 2.24) is 10.6 Å². The van der Waals surface area contributed by atoms with Gasteiger partial charge in [0.05, 0.1) is 6.10 Å². The second-order valence-electron chi connectivity index (χ2n) is 4.34. The molecule has 2 unspecified atom stereocenters. The molecule has 1 rings (SSSR count). The number of rotatable bonds is 6. The highest BCUT2D eigenvalue weighted by molar-refractivity contribution is 5.75. The molecule has 3 N–H and O–H groups in total. The average molecular weight is 214 g/mol. The molecule has 1 aliphatic rings. The first-order chi connectivity index (χ1) is 7.22. The van der Waals surface area contributed by atoms with E-state index in [1.54, 1.807) is 0 Å². The number of hydrogen-bond acceptors (Lipinski definition) is 3. The van der Waals surface area contributed by atoms with Crippen LogP contribution in [0.2, 0.25) is 0 Å². The molecular weight excluding hydrogens is 192 g/mol. The Morgan fingerprint density at radius 1 is 1.47 bits per heavy atom. The molecule has 1 fully saturated rings. The second kappa shape index (κ2) is 6.80. The molecule has 0 aromatic carbocycles. The zero-order valence-electron chi connectivity index (χ0n) is 9.46. The minimum atomic E-state index is -0.142. The fraction of sp³-hybridized carbons (Fsp3) is 0.909. The normalized spacial score (nSPS) is 25.5. The number of carbonyl (C=O) groups is 1. The Morgan fingerprint density at radius 3 is 2.87 bits per heavy atom. The summed E-state index contributed by atoms with van der Waals surface area (Å²) in [5.41, 5.74) is 0. The van der Waals surface area contributed by atoms with E-state index in [0.29, 0.717) is 12.3 Å². The lowest BCUT2D eigenvalue weighted by molar-refractivity contribution is -0.121. The SMILES string of the molecule is CNCCCC(=O)NCC1CCC(O)C1. The number of nitrogens with one attached hydrogen (secondary N) is 2. The molecule has 88 valence electrons. The highest BCUT2D eigenvalue weighted by atomic mass is 16.3. The second-order valence-corrected chi connectivity index (χ2v) is 4.34. The Balaban J connectivity index is 2.01. The van der Waals surface area contributed by atoms with Crippen molar-refractivity contribution in [1.29, 1.82) is 0 Å². The molecule has 0 aliphatic heterocycles. The van der Waals surface area contributed by atoms with Gasteiger partial charge in [0, 0.05) is 13.0 Å². The predicted molar refractivity (Wildman–Crippen MR) is 59.5 cm³/mol. The zero-order valence-corrected chi connectivity index (χ0v) is 9.46. The summed E-state index contributed by atoms with van der Waals surface area (Å²) >= 11 is 0. The molecule has 0 heterocycles. The van der Waals surface area contributed by atoms with Crippen LogP contribution in [0.15, 0.2) is 0 Å². The Kier molecular flexibility index (Phi) is 5.65. The largest absolute Gasteiger partial charge is 0.393 e. The van der Waals surface area contributed by atoms with Crippen LogP contribution >= 0.6 is 0 Å². The minimum Gasteiger partial charge on any atom is -0.393 e. The van der Waals surface area contributed by atoms with E-state index < -0.39 is 0 Å². The van der Waals surface area contributed by atoms with Gasteiger partial charge in [-0.2, -0.15) is 0 Å². The summed E-state index contributed by atoms with van der Waals surface area (Å²) in [6.45, 7) is 1.62. The third-order valence-corrected chi connectivity index (χ3v) is 2.93. The standard InChI is InChI=1S/C11H22N2O2/c1-12-6-2-3-11(15)13-8-9-4-5-10(14)7-9/h9-10,12,14H,2-8H2,1H3,(H,13,15). The van der Waals surface area contributed by atoms with Gasteiger partial charge < -0.3 is 15.7 Å². The minimum absolute atomic E-state index is 0.131. The van der Waals surface area contributed by atoms with Crippen LogP contribution in [-0.2, 0) is 4.79 Å². The van der Waals surface area contributed by atoms with Crippen LogP contribution in [0.3, 0.4) is 0 Å². The summed E-state index contributed by atoms with van der Waals surface area (Å²) in [6.07, 6.45) is 4.11. The van der Waals surface area contributed by atoms with Crippen molar-refractivity contribution in [2.24, 2.45) is 5.92 Å². The van der Waals surface area contributed by atoms with E-state index in [1.807, 2.05) is 7.05 Å². The van der Waals surface area contributed by atoms with E-state index in [9.17, 15) is 9.90 Å². The quantitative estimate of drug-likeness (QED) is 0.556. The molecule has 0 saturated heterocycles. The highest BCUT2D eigenvalue weighted by Gasteiger charge is 2.22. The van der Waals surface area contributed by atoms with Gasteiger partial charge in [0.2, 0.25) is 5.91 Å². The third-order valence-electron chi connectivity index (χ3n) is 2.93. The molecule has 0 bridgehead atoms. The van der Waals surface area contributed by atoms with E-state index in [-0.39, 0.29) is 12.0 Å². The first-order valence-corrected chi connectivity index (χ1v) is 5.81. The van der Waals surface area contributed by atoms with Crippen molar-refractivity contribution >= 4 is 5.91 Å². The lowest BCUT2D eigenvalue weighted by Gasteiger charge is -2.10. The lowest BCUT2D eigenvalue weighted by atomic mass is 10.1. The molecular formula is C11H22N2O2. The molecule has 1 aliphatic carbocycles. The van der Waals surface area contributed by atoms with Crippen molar-refractivity contribution in [2.75, 3.05) is 20.1 Å². The van der Waals surface area contributed by atoms with Crippen LogP contribution in [0.1, 0.15) is 32.1 Å². The third kappa shape index (κ3) is 5.14. The molecule has 4 heteroatoms. The molecule has 4 nitrogen and oxygen atoms in total. The Morgan fingerprint density at radius 2 is 2.27 bits per heavy atom. The van der Waals surface area contributed by atoms with Gasteiger partial charge in [-0.25, -0.2) is 0 Å². The van der Waals surface area contributed by atoms with E-state index >= 15 is 0 Å². The first-order valence-electron chi connectivity index (χ1n) is 5.81. The fourth-order valence-corrected chi connectivity index (χ4v) is 2.01. The van der Waals surface area contributed by atoms with Crippen LogP contribution in [0.25, 0.3) is 0 Å². The van der Waals surface area contributed by atoms with Gasteiger partial charge in [-0.1, -0.05) is 0 Å². The maximum atomic E-state index is 11.4. The molecule has 0 radical (unpaired) electrons. The topological polar surface area (TPSA) is 61.4 Å². The average Bonchev–Trinajstić information content (AvgIpc) is 2.62. The van der Waals surface area contributed by atoms with Crippen molar-refractivity contribution < 1.29 is 9.90 Å². The highest BCUT2D eigenvalue weighted by Crippen LogP contribution is 2.24. The number of carbonyl (C=O) groups excluding carboxylic acids is 1. The van der Waals surface area contributed by atoms with E-state index in [0.717, 1.165) is 38.8 Å². The van der Waals surface area contributed by atoms with Crippen molar-refractivity contribution in [3.63, 3.8) is 0 Å². The number of amides is 1. The molecule has 2 atom stereocenters. The number of aliphatic hydroxyl groups is 1. The number of hydrogen-bond donors (Lipinski definition) is 3. The van der Waals surface area contributed by atoms with Gasteiger partial charge in [-0.15, -0.1) is 0 Å². The number of aliphatic hydroxyl groups excluding tert-OH is 1. The van der Waals surface area contributed by atoms with Crippen LogP contribution in [-0.4, -0.2) is 37.3 Å². The molecule has 1 amide bonds. The first kappa shape index (κ1) is 12.5. The Labute approximate surface area is 91.4 Å². The fourth-order valence-electron chi connectivity index (χ4n) is 2.01. The summed E-state index contributed by atoms with van der Waals surface area (Å²) in [7, 11) is 1.89. The van der Waals surface area contributed by atoms with Crippen molar-refractivity contribution in [3.8, 4) is 0 Å². The van der Waals surface area contributed by atoms with E-state index in [2.05, 4.69) is 10.6 Å². The van der Waals surface area contributed by atoms with Gasteiger partial charge in [-0.3, -0.25) is 4.79 Å².